The van der Waals surface area contributed by atoms with Gasteiger partial charge in [0.05, 0.1) is 0 Å². The molecule has 1 N–H and O–H groups in total. The average molecular weight is 425 g/mol. The zero-order chi connectivity index (χ0) is 12.1. The van der Waals surface area contributed by atoms with Crippen LogP contribution >= 0.6 is 0 Å². The molecule has 0 unspecified atom stereocenters. The van der Waals surface area contributed by atoms with E-state index in [4.69, 9.17) is 5.11 Å². The Morgan fingerprint density at radius 1 is 0.765 bits per heavy atom. The van der Waals surface area contributed by atoms with Crippen LogP contribution in [0.4, 0.5) is 0 Å². The maximum atomic E-state index is 10.3. The third-order valence-electron chi connectivity index (χ3n) is 2.99. The summed E-state index contributed by atoms with van der Waals surface area (Å²) >= 11 is 0. The molecule has 0 fully saturated rings. The second-order valence-electron chi connectivity index (χ2n) is 4.68. The van der Waals surface area contributed by atoms with E-state index in [2.05, 4.69) is 6.92 Å². The van der Waals surface area contributed by atoms with Gasteiger partial charge in [0, 0.05) is 28.8 Å². The molecule has 0 rings (SSSR count). The third kappa shape index (κ3) is 18.8. The number of unbranched alkanes of at least 4 members (excludes halogenated alkanes) is 10. The third-order valence-corrected chi connectivity index (χ3v) is 2.99. The zero-order valence-corrected chi connectivity index (χ0v) is 13.3. The van der Waals surface area contributed by atoms with Crippen molar-refractivity contribution in [1.29, 1.82) is 0 Å². The van der Waals surface area contributed by atoms with E-state index in [1.165, 1.54) is 57.8 Å². The van der Waals surface area contributed by atoms with Crippen molar-refractivity contribution in [2.75, 3.05) is 0 Å². The van der Waals surface area contributed by atoms with Gasteiger partial charge in [-0.2, -0.15) is 0 Å². The number of aliphatic carboxylic acids is 1. The minimum Gasteiger partial charge on any atom is -0.481 e. The number of hydrogen-bond acceptors (Lipinski definition) is 1. The molecule has 0 heterocycles. The van der Waals surface area contributed by atoms with Crippen molar-refractivity contribution in [3.05, 3.63) is 0 Å². The summed E-state index contributed by atoms with van der Waals surface area (Å²) in [5, 5.41) is 8.46. The van der Waals surface area contributed by atoms with Gasteiger partial charge in [-0.15, -0.1) is 0 Å². The molecule has 0 aromatic rings. The Balaban J connectivity index is 0. The van der Waals surface area contributed by atoms with E-state index in [0.29, 0.717) is 6.42 Å². The molecule has 0 amide bonds. The van der Waals surface area contributed by atoms with Crippen LogP contribution in [0.1, 0.15) is 84.0 Å². The van der Waals surface area contributed by atoms with Gasteiger partial charge in [-0.05, 0) is 6.42 Å². The SMILES string of the molecule is CCCCCCCCCCCCCC(=O)O.[Au]. The summed E-state index contributed by atoms with van der Waals surface area (Å²) in [6, 6.07) is 0. The second-order valence-corrected chi connectivity index (χ2v) is 4.68. The molecular formula is C14H28AuO2. The van der Waals surface area contributed by atoms with E-state index in [1.807, 2.05) is 0 Å². The van der Waals surface area contributed by atoms with Crippen molar-refractivity contribution in [3.8, 4) is 0 Å². The van der Waals surface area contributed by atoms with Crippen molar-refractivity contribution < 1.29 is 32.3 Å². The fourth-order valence-electron chi connectivity index (χ4n) is 1.94. The largest absolute Gasteiger partial charge is 0.481 e. The van der Waals surface area contributed by atoms with Gasteiger partial charge in [0.2, 0.25) is 0 Å². The molecule has 0 spiro atoms. The Morgan fingerprint density at radius 2 is 1.12 bits per heavy atom. The van der Waals surface area contributed by atoms with Crippen molar-refractivity contribution in [2.24, 2.45) is 0 Å². The molecule has 0 aromatic heterocycles. The predicted octanol–water partition coefficient (Wildman–Crippen LogP) is 4.77. The fourth-order valence-corrected chi connectivity index (χ4v) is 1.94. The summed E-state index contributed by atoms with van der Waals surface area (Å²) in [5.74, 6) is -0.657. The number of carbonyl (C=O) groups is 1. The molecule has 0 saturated heterocycles. The molecule has 0 atom stereocenters. The van der Waals surface area contributed by atoms with Crippen LogP contribution in [0, 0.1) is 0 Å². The van der Waals surface area contributed by atoms with Crippen molar-refractivity contribution in [1.82, 2.24) is 0 Å². The summed E-state index contributed by atoms with van der Waals surface area (Å²) in [5.41, 5.74) is 0. The van der Waals surface area contributed by atoms with E-state index in [0.717, 1.165) is 12.8 Å². The average Bonchev–Trinajstić information content (AvgIpc) is 2.25. The molecule has 0 aromatic carbocycles. The Morgan fingerprint density at radius 3 is 1.47 bits per heavy atom. The van der Waals surface area contributed by atoms with Crippen molar-refractivity contribution >= 4 is 5.97 Å². The van der Waals surface area contributed by atoms with Crippen LogP contribution in [-0.2, 0) is 27.2 Å². The molecule has 3 heteroatoms. The van der Waals surface area contributed by atoms with Crippen LogP contribution in [0.2, 0.25) is 0 Å². The molecule has 1 radical (unpaired) electrons. The predicted molar refractivity (Wildman–Crippen MR) is 68.7 cm³/mol. The number of carboxylic acids is 1. The minimum absolute atomic E-state index is 0. The van der Waals surface area contributed by atoms with Gasteiger partial charge in [0.1, 0.15) is 0 Å². The number of rotatable bonds is 12. The fraction of sp³-hybridized carbons (Fsp3) is 0.929. The summed E-state index contributed by atoms with van der Waals surface area (Å²) in [6.45, 7) is 2.25. The second kappa shape index (κ2) is 16.2. The smallest absolute Gasteiger partial charge is 0.303 e. The summed E-state index contributed by atoms with van der Waals surface area (Å²) in [4.78, 5) is 10.3. The van der Waals surface area contributed by atoms with Gasteiger partial charge < -0.3 is 5.11 Å². The Hall–Kier alpha value is 0.210. The molecule has 107 valence electrons. The van der Waals surface area contributed by atoms with Crippen molar-refractivity contribution in [3.63, 3.8) is 0 Å². The van der Waals surface area contributed by atoms with Gasteiger partial charge in [-0.3, -0.25) is 4.79 Å². The standard InChI is InChI=1S/C14H28O2.Au/c1-2-3-4-5-6-7-8-9-10-11-12-13-14(15)16;/h2-13H2,1H3,(H,15,16);. The summed E-state index contributed by atoms with van der Waals surface area (Å²) in [6.07, 6.45) is 14.4. The maximum absolute atomic E-state index is 10.3. The van der Waals surface area contributed by atoms with E-state index in [-0.39, 0.29) is 22.4 Å². The molecule has 0 aliphatic heterocycles. The normalized spacial score (nSPS) is 9.94. The van der Waals surface area contributed by atoms with Gasteiger partial charge in [0.25, 0.3) is 0 Å². The van der Waals surface area contributed by atoms with E-state index in [1.54, 1.807) is 0 Å². The van der Waals surface area contributed by atoms with E-state index >= 15 is 0 Å². The van der Waals surface area contributed by atoms with Crippen LogP contribution in [0.3, 0.4) is 0 Å². The van der Waals surface area contributed by atoms with Crippen LogP contribution in [0.25, 0.3) is 0 Å². The minimum atomic E-state index is -0.657. The van der Waals surface area contributed by atoms with Gasteiger partial charge in [-0.25, -0.2) is 0 Å². The zero-order valence-electron chi connectivity index (χ0n) is 11.1. The molecule has 0 aliphatic carbocycles. The van der Waals surface area contributed by atoms with Gasteiger partial charge in [-0.1, -0.05) is 71.1 Å². The van der Waals surface area contributed by atoms with E-state index in [9.17, 15) is 4.79 Å². The first kappa shape index (κ1) is 19.5. The molecule has 0 aliphatic rings. The number of carboxylic acid groups (broad SMARTS) is 1. The van der Waals surface area contributed by atoms with Crippen LogP contribution in [0.5, 0.6) is 0 Å². The van der Waals surface area contributed by atoms with Crippen LogP contribution < -0.4 is 0 Å². The van der Waals surface area contributed by atoms with Gasteiger partial charge in [0.15, 0.2) is 0 Å². The van der Waals surface area contributed by atoms with E-state index < -0.39 is 5.97 Å². The Labute approximate surface area is 122 Å². The molecule has 2 nitrogen and oxygen atoms in total. The molecule has 17 heavy (non-hydrogen) atoms. The topological polar surface area (TPSA) is 37.3 Å². The molecular weight excluding hydrogens is 397 g/mol. The van der Waals surface area contributed by atoms with Gasteiger partial charge >= 0.3 is 5.97 Å². The van der Waals surface area contributed by atoms with Crippen LogP contribution in [0.15, 0.2) is 0 Å². The molecule has 0 bridgehead atoms. The number of hydrogen-bond donors (Lipinski definition) is 1. The quantitative estimate of drug-likeness (QED) is 0.361. The maximum Gasteiger partial charge on any atom is 0.303 e. The first-order valence-electron chi connectivity index (χ1n) is 6.99. The first-order chi connectivity index (χ1) is 7.77. The Kier molecular flexibility index (Phi) is 18.6. The summed E-state index contributed by atoms with van der Waals surface area (Å²) < 4.78 is 0. The monoisotopic (exact) mass is 425 g/mol. The first-order valence-corrected chi connectivity index (χ1v) is 6.99. The van der Waals surface area contributed by atoms with Crippen molar-refractivity contribution in [2.45, 2.75) is 84.0 Å². The summed E-state index contributed by atoms with van der Waals surface area (Å²) in [7, 11) is 0. The molecule has 0 saturated carbocycles. The Bertz CT molecular complexity index is 160. The van der Waals surface area contributed by atoms with Crippen LogP contribution in [-0.4, -0.2) is 11.1 Å².